The molecule has 0 aliphatic heterocycles. The van der Waals surface area contributed by atoms with Gasteiger partial charge in [0, 0.05) is 12.6 Å². The summed E-state index contributed by atoms with van der Waals surface area (Å²) in [7, 11) is 0. The number of hydrogen-bond donors (Lipinski definition) is 2. The van der Waals surface area contributed by atoms with E-state index in [0.29, 0.717) is 5.56 Å². The fraction of sp³-hybridized carbons (Fsp3) is 0.500. The zero-order valence-corrected chi connectivity index (χ0v) is 10.9. The zero-order chi connectivity index (χ0) is 15.3. The summed E-state index contributed by atoms with van der Waals surface area (Å²) in [5, 5.41) is 29.3. The van der Waals surface area contributed by atoms with Crippen molar-refractivity contribution < 1.29 is 23.9 Å². The van der Waals surface area contributed by atoms with Gasteiger partial charge in [-0.15, -0.1) is 0 Å². The van der Waals surface area contributed by atoms with Crippen LogP contribution in [0.4, 0.5) is 20.2 Å². The highest BCUT2D eigenvalue weighted by Crippen LogP contribution is 2.31. The van der Waals surface area contributed by atoms with Gasteiger partial charge in [-0.05, 0) is 18.6 Å². The summed E-state index contributed by atoms with van der Waals surface area (Å²) >= 11 is 0. The van der Waals surface area contributed by atoms with Crippen LogP contribution in [0.15, 0.2) is 18.2 Å². The Hall–Kier alpha value is -1.80. The number of aliphatic hydroxyl groups is 2. The molecule has 1 atom stereocenters. The highest BCUT2D eigenvalue weighted by atomic mass is 19.3. The lowest BCUT2D eigenvalue weighted by Crippen LogP contribution is -2.32. The highest BCUT2D eigenvalue weighted by molar-refractivity contribution is 5.64. The predicted molar refractivity (Wildman–Crippen MR) is 69.0 cm³/mol. The van der Waals surface area contributed by atoms with Crippen LogP contribution >= 0.6 is 0 Å². The normalized spacial score (nSPS) is 12.5. The lowest BCUT2D eigenvalue weighted by Gasteiger charge is -2.23. The van der Waals surface area contributed by atoms with E-state index in [1.807, 2.05) is 0 Å². The lowest BCUT2D eigenvalue weighted by atomic mass is 10.1. The van der Waals surface area contributed by atoms with E-state index in [1.165, 1.54) is 19.1 Å². The SMILES string of the molecule is C[C@@H](O)c1ccc(N(CCO)CC(F)F)c([N+](=O)[O-])c1. The van der Waals surface area contributed by atoms with Gasteiger partial charge in [0.15, 0.2) is 0 Å². The molecule has 0 aliphatic carbocycles. The predicted octanol–water partition coefficient (Wildman–Crippen LogP) is 1.71. The van der Waals surface area contributed by atoms with E-state index in [-0.39, 0.29) is 17.9 Å². The van der Waals surface area contributed by atoms with Crippen LogP contribution in [0, 0.1) is 10.1 Å². The van der Waals surface area contributed by atoms with E-state index in [0.717, 1.165) is 11.0 Å². The molecular formula is C12H16F2N2O4. The standard InChI is InChI=1S/C12H16F2N2O4/c1-8(18)9-2-3-10(11(6-9)16(19)20)15(4-5-17)7-12(13)14/h2-3,6,8,12,17-18H,4-5,7H2,1H3/t8-/m1/s1. The zero-order valence-electron chi connectivity index (χ0n) is 10.9. The second kappa shape index (κ2) is 7.11. The fourth-order valence-corrected chi connectivity index (χ4v) is 1.81. The molecule has 1 rings (SSSR count). The number of nitro groups is 1. The maximum Gasteiger partial charge on any atom is 0.292 e. The van der Waals surface area contributed by atoms with Crippen LogP contribution < -0.4 is 4.90 Å². The van der Waals surface area contributed by atoms with Crippen LogP contribution in [-0.2, 0) is 0 Å². The number of halogens is 2. The average Bonchev–Trinajstić information content (AvgIpc) is 2.36. The Morgan fingerprint density at radius 2 is 2.10 bits per heavy atom. The molecule has 0 aliphatic rings. The van der Waals surface area contributed by atoms with Crippen LogP contribution in [0.25, 0.3) is 0 Å². The van der Waals surface area contributed by atoms with Crippen LogP contribution in [0.5, 0.6) is 0 Å². The number of nitro benzene ring substituents is 1. The van der Waals surface area contributed by atoms with Crippen molar-refractivity contribution in [2.24, 2.45) is 0 Å². The van der Waals surface area contributed by atoms with Gasteiger partial charge in [0.05, 0.1) is 24.2 Å². The molecule has 0 radical (unpaired) electrons. The summed E-state index contributed by atoms with van der Waals surface area (Å²) in [6.07, 6.45) is -3.58. The molecule has 0 fully saturated rings. The smallest absolute Gasteiger partial charge is 0.292 e. The Morgan fingerprint density at radius 1 is 1.45 bits per heavy atom. The Kier molecular flexibility index (Phi) is 5.78. The van der Waals surface area contributed by atoms with Crippen LogP contribution in [0.1, 0.15) is 18.6 Å². The largest absolute Gasteiger partial charge is 0.395 e. The van der Waals surface area contributed by atoms with Crippen molar-refractivity contribution >= 4 is 11.4 Å². The maximum atomic E-state index is 12.5. The topological polar surface area (TPSA) is 86.8 Å². The van der Waals surface area contributed by atoms with E-state index in [2.05, 4.69) is 0 Å². The molecule has 0 spiro atoms. The number of alkyl halides is 2. The molecule has 0 heterocycles. The first-order valence-electron chi connectivity index (χ1n) is 5.97. The van der Waals surface area contributed by atoms with Crippen molar-refractivity contribution in [3.05, 3.63) is 33.9 Å². The lowest BCUT2D eigenvalue weighted by molar-refractivity contribution is -0.384. The van der Waals surface area contributed by atoms with Gasteiger partial charge in [-0.3, -0.25) is 10.1 Å². The quantitative estimate of drug-likeness (QED) is 0.589. The summed E-state index contributed by atoms with van der Waals surface area (Å²) in [4.78, 5) is 11.4. The second-order valence-corrected chi connectivity index (χ2v) is 4.24. The van der Waals surface area contributed by atoms with Crippen molar-refractivity contribution in [1.82, 2.24) is 0 Å². The molecule has 0 unspecified atom stereocenters. The van der Waals surface area contributed by atoms with Gasteiger partial charge in [0.25, 0.3) is 12.1 Å². The fourth-order valence-electron chi connectivity index (χ4n) is 1.81. The number of anilines is 1. The first kappa shape index (κ1) is 16.3. The van der Waals surface area contributed by atoms with Crippen LogP contribution in [0.2, 0.25) is 0 Å². The van der Waals surface area contributed by atoms with Gasteiger partial charge < -0.3 is 15.1 Å². The maximum absolute atomic E-state index is 12.5. The molecule has 6 nitrogen and oxygen atoms in total. The monoisotopic (exact) mass is 290 g/mol. The third kappa shape index (κ3) is 4.10. The first-order chi connectivity index (χ1) is 9.36. The van der Waals surface area contributed by atoms with Crippen molar-refractivity contribution in [3.63, 3.8) is 0 Å². The number of nitrogens with zero attached hydrogens (tertiary/aromatic N) is 2. The van der Waals surface area contributed by atoms with Gasteiger partial charge in [0.1, 0.15) is 5.69 Å². The molecule has 1 aromatic carbocycles. The summed E-state index contributed by atoms with van der Waals surface area (Å²) in [5.41, 5.74) is -0.0623. The van der Waals surface area contributed by atoms with Crippen molar-refractivity contribution in [2.45, 2.75) is 19.5 Å². The second-order valence-electron chi connectivity index (χ2n) is 4.24. The van der Waals surface area contributed by atoms with Gasteiger partial charge in [-0.25, -0.2) is 8.78 Å². The Balaban J connectivity index is 3.22. The van der Waals surface area contributed by atoms with Gasteiger partial charge in [0.2, 0.25) is 0 Å². The average molecular weight is 290 g/mol. The summed E-state index contributed by atoms with van der Waals surface area (Å²) < 4.78 is 25.0. The minimum Gasteiger partial charge on any atom is -0.395 e. The summed E-state index contributed by atoms with van der Waals surface area (Å²) in [6, 6.07) is 3.89. The minimum atomic E-state index is -2.68. The summed E-state index contributed by atoms with van der Waals surface area (Å²) in [6.45, 7) is 0.194. The molecule has 8 heteroatoms. The summed E-state index contributed by atoms with van der Waals surface area (Å²) in [5.74, 6) is 0. The molecule has 0 amide bonds. The molecule has 1 aromatic rings. The first-order valence-corrected chi connectivity index (χ1v) is 5.97. The number of hydrogen-bond acceptors (Lipinski definition) is 5. The molecule has 0 saturated heterocycles. The molecule has 0 saturated carbocycles. The number of rotatable bonds is 7. The number of aliphatic hydroxyl groups excluding tert-OH is 2. The van der Waals surface area contributed by atoms with E-state index < -0.39 is 30.6 Å². The van der Waals surface area contributed by atoms with Gasteiger partial charge in [-0.2, -0.15) is 0 Å². The molecule has 0 aromatic heterocycles. The van der Waals surface area contributed by atoms with E-state index in [1.54, 1.807) is 0 Å². The number of benzene rings is 1. The Morgan fingerprint density at radius 3 is 2.55 bits per heavy atom. The third-order valence-electron chi connectivity index (χ3n) is 2.75. The molecule has 0 bridgehead atoms. The molecule has 112 valence electrons. The molecular weight excluding hydrogens is 274 g/mol. The van der Waals surface area contributed by atoms with E-state index >= 15 is 0 Å². The highest BCUT2D eigenvalue weighted by Gasteiger charge is 2.23. The van der Waals surface area contributed by atoms with Gasteiger partial charge in [-0.1, -0.05) is 6.07 Å². The van der Waals surface area contributed by atoms with E-state index in [4.69, 9.17) is 5.11 Å². The molecule has 20 heavy (non-hydrogen) atoms. The molecule has 2 N–H and O–H groups in total. The van der Waals surface area contributed by atoms with Gasteiger partial charge >= 0.3 is 0 Å². The van der Waals surface area contributed by atoms with Crippen molar-refractivity contribution in [2.75, 3.05) is 24.6 Å². The van der Waals surface area contributed by atoms with Crippen LogP contribution in [0.3, 0.4) is 0 Å². The van der Waals surface area contributed by atoms with Crippen molar-refractivity contribution in [3.8, 4) is 0 Å². The minimum absolute atomic E-state index is 0.00579. The van der Waals surface area contributed by atoms with Crippen molar-refractivity contribution in [1.29, 1.82) is 0 Å². The Labute approximate surface area is 114 Å². The van der Waals surface area contributed by atoms with E-state index in [9.17, 15) is 24.0 Å². The third-order valence-corrected chi connectivity index (χ3v) is 2.75. The van der Waals surface area contributed by atoms with Crippen LogP contribution in [-0.4, -0.2) is 41.3 Å². The Bertz CT molecular complexity index is 469.